The maximum Gasteiger partial charge on any atom is 0.498 e. The topological polar surface area (TPSA) is 55.8 Å². The summed E-state index contributed by atoms with van der Waals surface area (Å²) in [5.41, 5.74) is 0.0629. The zero-order valence-electron chi connectivity index (χ0n) is 11.1. The fraction of sp³-hybridized carbons (Fsp3) is 0.462. The van der Waals surface area contributed by atoms with Gasteiger partial charge >= 0.3 is 7.12 Å². The highest BCUT2D eigenvalue weighted by atomic mass is 16.7. The molecule has 1 aliphatic rings. The van der Waals surface area contributed by atoms with Gasteiger partial charge in [0.2, 0.25) is 0 Å². The number of aldehydes is 1. The fourth-order valence-corrected chi connectivity index (χ4v) is 1.80. The highest BCUT2D eigenvalue weighted by Crippen LogP contribution is 2.37. The molecule has 0 saturated carbocycles. The van der Waals surface area contributed by atoms with Gasteiger partial charge in [-0.15, -0.1) is 0 Å². The Morgan fingerprint density at radius 3 is 2.17 bits per heavy atom. The van der Waals surface area contributed by atoms with E-state index in [9.17, 15) is 9.90 Å². The van der Waals surface area contributed by atoms with Crippen molar-refractivity contribution in [1.29, 1.82) is 0 Å². The molecule has 1 aromatic carbocycles. The van der Waals surface area contributed by atoms with Crippen LogP contribution in [0.2, 0.25) is 0 Å². The smallest absolute Gasteiger partial charge is 0.498 e. The summed E-state index contributed by atoms with van der Waals surface area (Å²) in [6.07, 6.45) is 0.688. The average Bonchev–Trinajstić information content (AvgIpc) is 2.47. The van der Waals surface area contributed by atoms with Crippen LogP contribution in [0.1, 0.15) is 38.1 Å². The summed E-state index contributed by atoms with van der Waals surface area (Å²) in [6.45, 7) is 7.79. The van der Waals surface area contributed by atoms with Crippen molar-refractivity contribution in [2.45, 2.75) is 38.9 Å². The molecule has 2 rings (SSSR count). The number of phenolic OH excluding ortho intramolecular Hbond substituents is 1. The lowest BCUT2D eigenvalue weighted by molar-refractivity contribution is 0.00578. The normalized spacial score (nSPS) is 21.0. The van der Waals surface area contributed by atoms with Crippen molar-refractivity contribution >= 4 is 18.9 Å². The Labute approximate surface area is 107 Å². The van der Waals surface area contributed by atoms with Crippen molar-refractivity contribution in [3.8, 4) is 5.75 Å². The second kappa shape index (κ2) is 4.11. The van der Waals surface area contributed by atoms with Crippen LogP contribution < -0.4 is 5.46 Å². The first-order valence-electron chi connectivity index (χ1n) is 5.90. The zero-order valence-corrected chi connectivity index (χ0v) is 11.1. The van der Waals surface area contributed by atoms with Crippen LogP contribution in [0.4, 0.5) is 0 Å². The molecule has 1 aliphatic heterocycles. The maximum absolute atomic E-state index is 10.6. The minimum absolute atomic E-state index is 0.0121. The lowest BCUT2D eigenvalue weighted by Crippen LogP contribution is -2.41. The average molecular weight is 248 g/mol. The zero-order chi connectivity index (χ0) is 13.6. The predicted molar refractivity (Wildman–Crippen MR) is 69.2 cm³/mol. The summed E-state index contributed by atoms with van der Waals surface area (Å²) in [4.78, 5) is 10.6. The van der Waals surface area contributed by atoms with Crippen molar-refractivity contribution in [3.05, 3.63) is 23.8 Å². The lowest BCUT2D eigenvalue weighted by Gasteiger charge is -2.32. The first-order chi connectivity index (χ1) is 8.27. The van der Waals surface area contributed by atoms with Crippen molar-refractivity contribution in [2.75, 3.05) is 0 Å². The van der Waals surface area contributed by atoms with E-state index in [0.29, 0.717) is 17.3 Å². The van der Waals surface area contributed by atoms with E-state index < -0.39 is 18.3 Å². The molecule has 1 fully saturated rings. The Kier molecular flexibility index (Phi) is 2.99. The van der Waals surface area contributed by atoms with Crippen LogP contribution in [-0.4, -0.2) is 29.7 Å². The minimum Gasteiger partial charge on any atom is -0.508 e. The Morgan fingerprint density at radius 1 is 1.17 bits per heavy atom. The van der Waals surface area contributed by atoms with Gasteiger partial charge in [0.05, 0.1) is 11.2 Å². The van der Waals surface area contributed by atoms with E-state index in [1.807, 2.05) is 27.7 Å². The summed E-state index contributed by atoms with van der Waals surface area (Å²) in [7, 11) is -0.615. The molecular formula is C13H17BO4. The molecular weight excluding hydrogens is 231 g/mol. The van der Waals surface area contributed by atoms with Crippen LogP contribution in [0, 0.1) is 0 Å². The highest BCUT2D eigenvalue weighted by Gasteiger charge is 2.52. The lowest BCUT2D eigenvalue weighted by atomic mass is 9.78. The van der Waals surface area contributed by atoms with Crippen LogP contribution >= 0.6 is 0 Å². The van der Waals surface area contributed by atoms with E-state index in [4.69, 9.17) is 9.31 Å². The number of benzene rings is 1. The predicted octanol–water partition coefficient (Wildman–Crippen LogP) is 1.50. The Morgan fingerprint density at radius 2 is 1.72 bits per heavy atom. The van der Waals surface area contributed by atoms with Gasteiger partial charge in [0, 0.05) is 11.0 Å². The second-order valence-corrected chi connectivity index (χ2v) is 5.52. The van der Waals surface area contributed by atoms with E-state index in [0.717, 1.165) is 0 Å². The molecule has 1 N–H and O–H groups in total. The van der Waals surface area contributed by atoms with Crippen LogP contribution in [-0.2, 0) is 9.31 Å². The number of rotatable bonds is 2. The number of hydrogen-bond donors (Lipinski definition) is 1. The van der Waals surface area contributed by atoms with Crippen LogP contribution in [0.25, 0.3) is 0 Å². The third-order valence-electron chi connectivity index (χ3n) is 3.70. The highest BCUT2D eigenvalue weighted by molar-refractivity contribution is 6.63. The molecule has 0 spiro atoms. The fourth-order valence-electron chi connectivity index (χ4n) is 1.80. The first kappa shape index (κ1) is 13.1. The van der Waals surface area contributed by atoms with Crippen molar-refractivity contribution in [2.24, 2.45) is 0 Å². The quantitative estimate of drug-likeness (QED) is 0.636. The molecule has 96 valence electrons. The molecule has 0 unspecified atom stereocenters. The minimum atomic E-state index is -0.615. The molecule has 1 heterocycles. The van der Waals surface area contributed by atoms with Crippen LogP contribution in [0.15, 0.2) is 18.2 Å². The van der Waals surface area contributed by atoms with Gasteiger partial charge in [-0.3, -0.25) is 4.79 Å². The van der Waals surface area contributed by atoms with Gasteiger partial charge in [-0.05, 0) is 33.8 Å². The van der Waals surface area contributed by atoms with Crippen LogP contribution in [0.3, 0.4) is 0 Å². The summed E-state index contributed by atoms with van der Waals surface area (Å²) < 4.78 is 11.7. The Bertz CT molecular complexity index is 466. The SMILES string of the molecule is CC1(C)OB(c2ccc(C=O)cc2O)OC1(C)C. The standard InChI is InChI=1S/C13H17BO4/c1-12(2)13(3,4)18-14(17-12)10-6-5-9(8-15)7-11(10)16/h5-8,16H,1-4H3. The van der Waals surface area contributed by atoms with Crippen molar-refractivity contribution in [3.63, 3.8) is 0 Å². The molecule has 0 radical (unpaired) electrons. The third-order valence-corrected chi connectivity index (χ3v) is 3.70. The Hall–Kier alpha value is -1.33. The largest absolute Gasteiger partial charge is 0.508 e. The van der Waals surface area contributed by atoms with Gasteiger partial charge in [0.1, 0.15) is 12.0 Å². The van der Waals surface area contributed by atoms with E-state index >= 15 is 0 Å². The van der Waals surface area contributed by atoms with Crippen molar-refractivity contribution in [1.82, 2.24) is 0 Å². The van der Waals surface area contributed by atoms with Gasteiger partial charge in [-0.2, -0.15) is 0 Å². The van der Waals surface area contributed by atoms with Crippen LogP contribution in [0.5, 0.6) is 5.75 Å². The molecule has 0 bridgehead atoms. The third kappa shape index (κ3) is 2.04. The summed E-state index contributed by atoms with van der Waals surface area (Å²) in [6, 6.07) is 4.70. The molecule has 1 aromatic rings. The monoisotopic (exact) mass is 248 g/mol. The van der Waals surface area contributed by atoms with Gasteiger partial charge in [0.15, 0.2) is 0 Å². The molecule has 18 heavy (non-hydrogen) atoms. The summed E-state index contributed by atoms with van der Waals surface area (Å²) >= 11 is 0. The summed E-state index contributed by atoms with van der Waals surface area (Å²) in [5, 5.41) is 9.90. The molecule has 0 atom stereocenters. The van der Waals surface area contributed by atoms with E-state index in [1.165, 1.54) is 6.07 Å². The molecule has 0 amide bonds. The molecule has 0 aliphatic carbocycles. The summed E-state index contributed by atoms with van der Waals surface area (Å²) in [5.74, 6) is 0.0121. The van der Waals surface area contributed by atoms with Gasteiger partial charge in [-0.1, -0.05) is 12.1 Å². The van der Waals surface area contributed by atoms with Gasteiger partial charge in [0.25, 0.3) is 0 Å². The van der Waals surface area contributed by atoms with E-state index in [2.05, 4.69) is 0 Å². The van der Waals surface area contributed by atoms with Gasteiger partial charge < -0.3 is 14.4 Å². The number of phenols is 1. The molecule has 1 saturated heterocycles. The van der Waals surface area contributed by atoms with Gasteiger partial charge in [-0.25, -0.2) is 0 Å². The van der Waals surface area contributed by atoms with E-state index in [1.54, 1.807) is 12.1 Å². The number of hydrogen-bond acceptors (Lipinski definition) is 4. The second-order valence-electron chi connectivity index (χ2n) is 5.52. The Balaban J connectivity index is 2.32. The number of aromatic hydroxyl groups is 1. The number of carbonyl (C=O) groups excluding carboxylic acids is 1. The maximum atomic E-state index is 10.6. The molecule has 4 nitrogen and oxygen atoms in total. The first-order valence-corrected chi connectivity index (χ1v) is 5.90. The molecule has 5 heteroatoms. The number of carbonyl (C=O) groups is 1. The molecule has 0 aromatic heterocycles. The van der Waals surface area contributed by atoms with E-state index in [-0.39, 0.29) is 5.75 Å². The van der Waals surface area contributed by atoms with Crippen molar-refractivity contribution < 1.29 is 19.2 Å².